The van der Waals surface area contributed by atoms with Crippen molar-refractivity contribution >= 4 is 27.6 Å². The number of aromatic nitrogens is 6. The first-order valence-corrected chi connectivity index (χ1v) is 13.6. The Morgan fingerprint density at radius 3 is 2.59 bits per heavy atom. The lowest BCUT2D eigenvalue weighted by molar-refractivity contribution is 0.579. The number of nitrogens with one attached hydrogen (secondary N) is 3. The maximum Gasteiger partial charge on any atom is 0.159 e. The average molecular weight is 515 g/mol. The summed E-state index contributed by atoms with van der Waals surface area (Å²) in [5.74, 6) is 0.759. The molecule has 8 heteroatoms. The van der Waals surface area contributed by atoms with Crippen LogP contribution >= 0.6 is 0 Å². The molecular formula is C31H30N8. The number of imidazole rings is 1. The summed E-state index contributed by atoms with van der Waals surface area (Å²) in [5, 5.41) is 12.2. The highest BCUT2D eigenvalue weighted by atomic mass is 15.2. The Hall–Kier alpha value is -4.56. The van der Waals surface area contributed by atoms with E-state index in [0.717, 1.165) is 76.5 Å². The molecule has 0 radical (unpaired) electrons. The van der Waals surface area contributed by atoms with Crippen LogP contribution in [0.15, 0.2) is 79.3 Å². The largest absolute Gasteiger partial charge is 0.370 e. The molecule has 0 atom stereocenters. The first-order chi connectivity index (χ1) is 19.3. The second-order valence-corrected chi connectivity index (χ2v) is 10.2. The van der Waals surface area contributed by atoms with E-state index in [9.17, 15) is 0 Å². The third-order valence-electron chi connectivity index (χ3n) is 7.45. The van der Waals surface area contributed by atoms with Gasteiger partial charge in [-0.15, -0.1) is 0 Å². The Morgan fingerprint density at radius 1 is 0.821 bits per heavy atom. The molecule has 8 nitrogen and oxygen atoms in total. The summed E-state index contributed by atoms with van der Waals surface area (Å²) in [6, 6.07) is 21.0. The van der Waals surface area contributed by atoms with E-state index < -0.39 is 0 Å². The number of fused-ring (bicyclic) bond motifs is 2. The van der Waals surface area contributed by atoms with E-state index in [4.69, 9.17) is 9.97 Å². The molecular weight excluding hydrogens is 484 g/mol. The Morgan fingerprint density at radius 2 is 1.69 bits per heavy atom. The molecule has 0 spiro atoms. The van der Waals surface area contributed by atoms with Crippen LogP contribution in [0.2, 0.25) is 0 Å². The van der Waals surface area contributed by atoms with Crippen LogP contribution in [-0.2, 0) is 13.1 Å². The molecule has 0 amide bonds. The minimum atomic E-state index is 0.729. The van der Waals surface area contributed by atoms with Crippen LogP contribution in [0, 0.1) is 0 Å². The number of H-pyrrole nitrogens is 2. The molecule has 6 aromatic rings. The van der Waals surface area contributed by atoms with Gasteiger partial charge in [-0.3, -0.25) is 15.1 Å². The van der Waals surface area contributed by atoms with E-state index in [2.05, 4.69) is 85.0 Å². The number of nitrogens with zero attached hydrogens (tertiary/aromatic N) is 5. The zero-order valence-corrected chi connectivity index (χ0v) is 21.7. The van der Waals surface area contributed by atoms with Gasteiger partial charge in [0.25, 0.3) is 0 Å². The van der Waals surface area contributed by atoms with Gasteiger partial charge >= 0.3 is 0 Å². The van der Waals surface area contributed by atoms with Gasteiger partial charge in [0.1, 0.15) is 11.2 Å². The number of hydrogen-bond acceptors (Lipinski definition) is 6. The summed E-state index contributed by atoms with van der Waals surface area (Å²) >= 11 is 0. The molecule has 0 unspecified atom stereocenters. The fourth-order valence-electron chi connectivity index (χ4n) is 5.45. The molecule has 0 saturated carbocycles. The molecule has 1 saturated heterocycles. The Kier molecular flexibility index (Phi) is 6.22. The zero-order chi connectivity index (χ0) is 26.0. The van der Waals surface area contributed by atoms with Gasteiger partial charge in [0, 0.05) is 49.5 Å². The smallest absolute Gasteiger partial charge is 0.159 e. The van der Waals surface area contributed by atoms with Crippen LogP contribution in [-0.4, -0.2) is 43.2 Å². The van der Waals surface area contributed by atoms with Gasteiger partial charge in [0.15, 0.2) is 5.82 Å². The quantitative estimate of drug-likeness (QED) is 0.247. The number of piperidine rings is 1. The Bertz CT molecular complexity index is 1730. The summed E-state index contributed by atoms with van der Waals surface area (Å²) in [7, 11) is 0. The highest BCUT2D eigenvalue weighted by Gasteiger charge is 2.19. The number of anilines is 1. The fraction of sp³-hybridized carbons (Fsp3) is 0.226. The van der Waals surface area contributed by atoms with Crippen LogP contribution in [0.4, 0.5) is 5.69 Å². The second kappa shape index (κ2) is 10.3. The average Bonchev–Trinajstić information content (AvgIpc) is 3.62. The standard InChI is InChI=1S/C31H30N8/c1-3-8-21(9-4-1)16-32-17-22-14-23(19-33-18-22)26-15-24-27(20-34-26)37-38-29(24)31-35-25-10-7-11-28(30(25)36-31)39-12-5-2-6-13-39/h1,3-4,7-11,14-15,18-20,32H,2,5-6,12-13,16-17H2,(H,35,36)(H,37,38). The van der Waals surface area contributed by atoms with E-state index in [1.165, 1.54) is 30.5 Å². The van der Waals surface area contributed by atoms with Crippen molar-refractivity contribution in [3.8, 4) is 22.8 Å². The molecule has 1 aliphatic heterocycles. The number of benzene rings is 2. The van der Waals surface area contributed by atoms with Crippen molar-refractivity contribution in [3.05, 3.63) is 90.4 Å². The van der Waals surface area contributed by atoms with Crippen molar-refractivity contribution in [1.82, 2.24) is 35.5 Å². The number of hydrogen-bond donors (Lipinski definition) is 3. The Balaban J connectivity index is 1.18. The molecule has 194 valence electrons. The van der Waals surface area contributed by atoms with E-state index in [1.54, 1.807) is 0 Å². The number of para-hydroxylation sites is 1. The molecule has 0 bridgehead atoms. The number of pyridine rings is 2. The second-order valence-electron chi connectivity index (χ2n) is 10.2. The van der Waals surface area contributed by atoms with Crippen molar-refractivity contribution in [2.75, 3.05) is 18.0 Å². The van der Waals surface area contributed by atoms with Crippen molar-refractivity contribution in [2.45, 2.75) is 32.4 Å². The summed E-state index contributed by atoms with van der Waals surface area (Å²) in [6.07, 6.45) is 9.36. The first-order valence-electron chi connectivity index (χ1n) is 13.6. The van der Waals surface area contributed by atoms with Gasteiger partial charge in [-0.2, -0.15) is 5.10 Å². The molecule has 1 aliphatic rings. The lowest BCUT2D eigenvalue weighted by atomic mass is 10.1. The summed E-state index contributed by atoms with van der Waals surface area (Å²) < 4.78 is 0. The lowest BCUT2D eigenvalue weighted by Gasteiger charge is -2.28. The van der Waals surface area contributed by atoms with E-state index in [0.29, 0.717) is 0 Å². The van der Waals surface area contributed by atoms with Crippen LogP contribution < -0.4 is 10.2 Å². The van der Waals surface area contributed by atoms with Gasteiger partial charge in [0.05, 0.1) is 28.6 Å². The molecule has 0 aliphatic carbocycles. The fourth-order valence-corrected chi connectivity index (χ4v) is 5.45. The van der Waals surface area contributed by atoms with Crippen molar-refractivity contribution in [2.24, 2.45) is 0 Å². The maximum atomic E-state index is 5.03. The van der Waals surface area contributed by atoms with Crippen LogP contribution in [0.5, 0.6) is 0 Å². The first kappa shape index (κ1) is 23.5. The third kappa shape index (κ3) is 4.75. The molecule has 7 rings (SSSR count). The van der Waals surface area contributed by atoms with Crippen LogP contribution in [0.25, 0.3) is 44.7 Å². The monoisotopic (exact) mass is 514 g/mol. The van der Waals surface area contributed by atoms with Gasteiger partial charge in [-0.25, -0.2) is 4.98 Å². The molecule has 3 N–H and O–H groups in total. The normalized spacial score (nSPS) is 13.9. The van der Waals surface area contributed by atoms with Gasteiger partial charge < -0.3 is 15.2 Å². The van der Waals surface area contributed by atoms with Crippen molar-refractivity contribution in [3.63, 3.8) is 0 Å². The summed E-state index contributed by atoms with van der Waals surface area (Å²) in [4.78, 5) is 20.2. The summed E-state index contributed by atoms with van der Waals surface area (Å²) in [5.41, 5.74) is 9.09. The maximum absolute atomic E-state index is 5.03. The van der Waals surface area contributed by atoms with Gasteiger partial charge in [-0.1, -0.05) is 36.4 Å². The topological polar surface area (TPSA) is 98.4 Å². The van der Waals surface area contributed by atoms with Crippen LogP contribution in [0.1, 0.15) is 30.4 Å². The summed E-state index contributed by atoms with van der Waals surface area (Å²) in [6.45, 7) is 3.70. The predicted octanol–water partition coefficient (Wildman–Crippen LogP) is 5.84. The zero-order valence-electron chi connectivity index (χ0n) is 21.7. The minimum absolute atomic E-state index is 0.729. The highest BCUT2D eigenvalue weighted by molar-refractivity contribution is 5.96. The van der Waals surface area contributed by atoms with E-state index in [1.807, 2.05) is 24.7 Å². The predicted molar refractivity (Wildman–Crippen MR) is 155 cm³/mol. The van der Waals surface area contributed by atoms with E-state index in [-0.39, 0.29) is 0 Å². The van der Waals surface area contributed by atoms with Crippen molar-refractivity contribution < 1.29 is 0 Å². The molecule has 1 fully saturated rings. The molecule has 5 heterocycles. The Labute approximate surface area is 226 Å². The molecule has 39 heavy (non-hydrogen) atoms. The van der Waals surface area contributed by atoms with Crippen LogP contribution in [0.3, 0.4) is 0 Å². The van der Waals surface area contributed by atoms with E-state index >= 15 is 0 Å². The number of aromatic amines is 2. The SMILES string of the molecule is c1ccc(CNCc2cncc(-c3cc4c(-c5nc6c(N7CCCCC7)cccc6[nH]5)n[nH]c4cn3)c2)cc1. The highest BCUT2D eigenvalue weighted by Crippen LogP contribution is 2.32. The third-order valence-corrected chi connectivity index (χ3v) is 7.45. The van der Waals surface area contributed by atoms with Gasteiger partial charge in [-0.05, 0) is 54.7 Å². The van der Waals surface area contributed by atoms with Gasteiger partial charge in [0.2, 0.25) is 0 Å². The molecule has 2 aromatic carbocycles. The van der Waals surface area contributed by atoms with Crippen molar-refractivity contribution in [1.29, 1.82) is 0 Å². The minimum Gasteiger partial charge on any atom is -0.370 e. The lowest BCUT2D eigenvalue weighted by Crippen LogP contribution is -2.29. The molecule has 4 aromatic heterocycles. The number of rotatable bonds is 7.